The molecule has 16 heavy (non-hydrogen) atoms. The minimum Gasteiger partial charge on any atom is -0.650 e. The van der Waals surface area contributed by atoms with Crippen molar-refractivity contribution in [1.82, 2.24) is 4.98 Å². The van der Waals surface area contributed by atoms with E-state index in [-0.39, 0.29) is 69.4 Å². The Balaban J connectivity index is 0.00000225. The van der Waals surface area contributed by atoms with Crippen LogP contribution in [0.4, 0.5) is 5.69 Å². The predicted molar refractivity (Wildman–Crippen MR) is 51.8 cm³/mol. The van der Waals surface area contributed by atoms with Crippen molar-refractivity contribution in [2.45, 2.75) is 20.3 Å². The van der Waals surface area contributed by atoms with Crippen molar-refractivity contribution in [3.63, 3.8) is 0 Å². The summed E-state index contributed by atoms with van der Waals surface area (Å²) in [5.41, 5.74) is 0.184. The molecule has 0 N–H and O–H groups in total. The molecule has 0 aliphatic rings. The van der Waals surface area contributed by atoms with Crippen molar-refractivity contribution in [3.05, 3.63) is 27.6 Å². The molecule has 0 saturated heterocycles. The number of aryl methyl sites for hydroxylation is 1. The molecule has 7 heteroatoms. The zero-order chi connectivity index (χ0) is 11.4. The molecule has 0 unspecified atom stereocenters. The van der Waals surface area contributed by atoms with E-state index in [2.05, 4.69) is 4.98 Å². The molecular weight excluding hydrogens is 239 g/mol. The number of esters is 1. The van der Waals surface area contributed by atoms with E-state index in [0.717, 1.165) is 6.07 Å². The summed E-state index contributed by atoms with van der Waals surface area (Å²) in [6, 6.07) is 1.15. The molecule has 82 valence electrons. The monoisotopic (exact) mass is 250 g/mol. The Bertz CT molecular complexity index is 389. The van der Waals surface area contributed by atoms with Gasteiger partial charge in [0.15, 0.2) is 0 Å². The molecule has 1 aromatic rings. The van der Waals surface area contributed by atoms with E-state index >= 15 is 0 Å². The first-order valence-electron chi connectivity index (χ1n) is 4.58. The van der Waals surface area contributed by atoms with Gasteiger partial charge in [-0.3, -0.25) is 10.1 Å². The first kappa shape index (κ1) is 15.8. The van der Waals surface area contributed by atoms with Crippen molar-refractivity contribution in [1.29, 1.82) is 0 Å². The molecule has 0 bridgehead atoms. The van der Waals surface area contributed by atoms with Gasteiger partial charge in [-0.05, 0) is 19.0 Å². The smallest absolute Gasteiger partial charge is 0.650 e. The largest absolute Gasteiger partial charge is 1.00 e. The Kier molecular flexibility index (Phi) is 7.08. The molecule has 6 nitrogen and oxygen atoms in total. The van der Waals surface area contributed by atoms with Crippen LogP contribution in [-0.4, -0.2) is 17.5 Å². The van der Waals surface area contributed by atoms with Gasteiger partial charge >= 0.3 is 57.4 Å². The summed E-state index contributed by atoms with van der Waals surface area (Å²) in [6.07, 6.45) is 0.412. The minimum atomic E-state index is -0.625. The number of nitrogens with zero attached hydrogens (tertiary/aromatic N) is 2. The summed E-state index contributed by atoms with van der Waals surface area (Å²) in [5, 5.41) is 10.6. The van der Waals surface area contributed by atoms with Gasteiger partial charge < -0.3 is 9.72 Å². The van der Waals surface area contributed by atoms with Gasteiger partial charge in [0, 0.05) is 6.07 Å². The second kappa shape index (κ2) is 7.18. The number of nitro groups is 1. The van der Waals surface area contributed by atoms with Crippen LogP contribution in [0.2, 0.25) is 0 Å². The van der Waals surface area contributed by atoms with Crippen LogP contribution in [0.1, 0.15) is 30.0 Å². The molecule has 0 aliphatic heterocycles. The number of ether oxygens (including phenoxy) is 1. The Morgan fingerprint density at radius 1 is 1.56 bits per heavy atom. The molecular formula is C9H11KN2O4. The summed E-state index contributed by atoms with van der Waals surface area (Å²) in [7, 11) is 0. The SMILES string of the molecule is CCOC(=O)c1cc([N+](=O)[O-])c(CC)[n-]1.[K+]. The molecule has 1 rings (SSSR count). The van der Waals surface area contributed by atoms with Crippen molar-refractivity contribution >= 4 is 11.7 Å². The zero-order valence-electron chi connectivity index (χ0n) is 9.52. The molecule has 0 spiro atoms. The van der Waals surface area contributed by atoms with Crippen LogP contribution in [-0.2, 0) is 11.2 Å². The van der Waals surface area contributed by atoms with E-state index in [1.807, 2.05) is 0 Å². The first-order chi connectivity index (χ1) is 7.10. The van der Waals surface area contributed by atoms with Gasteiger partial charge in [0.25, 0.3) is 0 Å². The average molecular weight is 250 g/mol. The quantitative estimate of drug-likeness (QED) is 0.275. The number of hydrogen-bond acceptors (Lipinski definition) is 4. The Hall–Kier alpha value is -0.214. The standard InChI is InChI=1S/C9H12N2O4.K/c1-3-6-8(11(13)14)5-7(10-6)9(12)15-4-2;/h5H,3-4H2,1-2H3,(H,10,12);/q;+1/p-1. The van der Waals surface area contributed by atoms with E-state index in [1.165, 1.54) is 0 Å². The van der Waals surface area contributed by atoms with Crippen LogP contribution in [0.15, 0.2) is 6.07 Å². The fraction of sp³-hybridized carbons (Fsp3) is 0.444. The maximum Gasteiger partial charge on any atom is 1.00 e. The van der Waals surface area contributed by atoms with E-state index in [4.69, 9.17) is 4.74 Å². The van der Waals surface area contributed by atoms with Gasteiger partial charge in [-0.15, -0.1) is 0 Å². The number of rotatable bonds is 4. The first-order valence-corrected chi connectivity index (χ1v) is 4.58. The summed E-state index contributed by atoms with van der Waals surface area (Å²) in [6.45, 7) is 3.63. The second-order valence-corrected chi connectivity index (χ2v) is 2.80. The normalized spacial score (nSPS) is 9.38. The fourth-order valence-electron chi connectivity index (χ4n) is 1.18. The van der Waals surface area contributed by atoms with E-state index in [0.29, 0.717) is 12.1 Å². The van der Waals surface area contributed by atoms with Crippen LogP contribution >= 0.6 is 0 Å². The summed E-state index contributed by atoms with van der Waals surface area (Å²) >= 11 is 0. The molecule has 0 fully saturated rings. The summed E-state index contributed by atoms with van der Waals surface area (Å²) in [5.74, 6) is -0.625. The topological polar surface area (TPSA) is 83.5 Å². The molecule has 0 aromatic carbocycles. The third-order valence-corrected chi connectivity index (χ3v) is 1.84. The molecule has 1 heterocycles. The minimum absolute atomic E-state index is 0. The van der Waals surface area contributed by atoms with Gasteiger partial charge in [-0.25, -0.2) is 4.79 Å². The van der Waals surface area contributed by atoms with Gasteiger partial charge in [-0.1, -0.05) is 12.6 Å². The van der Waals surface area contributed by atoms with Gasteiger partial charge in [0.2, 0.25) is 5.69 Å². The second-order valence-electron chi connectivity index (χ2n) is 2.80. The Labute approximate surface area is 135 Å². The third kappa shape index (κ3) is 3.67. The molecule has 0 amide bonds. The van der Waals surface area contributed by atoms with E-state index in [9.17, 15) is 14.9 Å². The van der Waals surface area contributed by atoms with Crippen molar-refractivity contribution in [2.75, 3.05) is 6.61 Å². The van der Waals surface area contributed by atoms with Crippen LogP contribution in [0.25, 0.3) is 0 Å². The number of hydrogen-bond donors (Lipinski definition) is 0. The van der Waals surface area contributed by atoms with Crippen molar-refractivity contribution in [3.8, 4) is 0 Å². The predicted octanol–water partition coefficient (Wildman–Crippen LogP) is -1.70. The molecule has 0 aliphatic carbocycles. The fourth-order valence-corrected chi connectivity index (χ4v) is 1.18. The number of aromatic nitrogens is 1. The third-order valence-electron chi connectivity index (χ3n) is 1.84. The number of carbonyl (C=O) groups excluding carboxylic acids is 1. The molecule has 1 aromatic heterocycles. The van der Waals surface area contributed by atoms with Crippen LogP contribution < -0.4 is 56.4 Å². The zero-order valence-corrected chi connectivity index (χ0v) is 12.6. The maximum atomic E-state index is 11.2. The van der Waals surface area contributed by atoms with Gasteiger partial charge in [-0.2, -0.15) is 0 Å². The average Bonchev–Trinajstić information content (AvgIpc) is 2.61. The van der Waals surface area contributed by atoms with Crippen molar-refractivity contribution in [2.24, 2.45) is 0 Å². The maximum absolute atomic E-state index is 11.2. The van der Waals surface area contributed by atoms with E-state index < -0.39 is 10.9 Å². The molecule has 0 atom stereocenters. The van der Waals surface area contributed by atoms with E-state index in [1.54, 1.807) is 13.8 Å². The van der Waals surface area contributed by atoms with Crippen LogP contribution in [0, 0.1) is 10.1 Å². The summed E-state index contributed by atoms with van der Waals surface area (Å²) < 4.78 is 4.70. The van der Waals surface area contributed by atoms with Crippen LogP contribution in [0.5, 0.6) is 0 Å². The Morgan fingerprint density at radius 3 is 2.56 bits per heavy atom. The molecule has 0 radical (unpaired) electrons. The van der Waals surface area contributed by atoms with Gasteiger partial charge in [0.1, 0.15) is 0 Å². The van der Waals surface area contributed by atoms with Crippen LogP contribution in [0.3, 0.4) is 0 Å². The molecule has 0 saturated carbocycles. The number of carbonyl (C=O) groups is 1. The summed E-state index contributed by atoms with van der Waals surface area (Å²) in [4.78, 5) is 25.1. The van der Waals surface area contributed by atoms with Crippen molar-refractivity contribution < 1.29 is 65.8 Å². The Morgan fingerprint density at radius 2 is 2.19 bits per heavy atom. The van der Waals surface area contributed by atoms with Gasteiger partial charge in [0.05, 0.1) is 11.5 Å².